The molecule has 0 aliphatic carbocycles. The highest BCUT2D eigenvalue weighted by molar-refractivity contribution is 7.18. The van der Waals surface area contributed by atoms with Crippen molar-refractivity contribution < 1.29 is 4.74 Å². The number of hydrogen-bond acceptors (Lipinski definition) is 5. The fourth-order valence-corrected chi connectivity index (χ4v) is 2.55. The third-order valence-corrected chi connectivity index (χ3v) is 3.52. The van der Waals surface area contributed by atoms with Gasteiger partial charge in [0.05, 0.1) is 12.0 Å². The molecule has 0 saturated heterocycles. The molecule has 0 atom stereocenters. The second-order valence-electron chi connectivity index (χ2n) is 4.28. The Hall–Kier alpha value is -1.62. The summed E-state index contributed by atoms with van der Waals surface area (Å²) in [4.78, 5) is 11.2. The Morgan fingerprint density at radius 3 is 3.05 bits per heavy atom. The van der Waals surface area contributed by atoms with Gasteiger partial charge in [-0.3, -0.25) is 0 Å². The van der Waals surface area contributed by atoms with Crippen LogP contribution in [0.1, 0.15) is 24.6 Å². The van der Waals surface area contributed by atoms with Crippen LogP contribution >= 0.6 is 11.3 Å². The lowest BCUT2D eigenvalue weighted by molar-refractivity contribution is 0.317. The molecule has 0 radical (unpaired) electrons. The Labute approximate surface area is 117 Å². The van der Waals surface area contributed by atoms with Gasteiger partial charge in [0.2, 0.25) is 11.8 Å². The van der Waals surface area contributed by atoms with Crippen LogP contribution < -0.4 is 10.1 Å². The molecule has 2 heterocycles. The van der Waals surface area contributed by atoms with Crippen LogP contribution in [-0.2, 0) is 0 Å². The van der Waals surface area contributed by atoms with E-state index in [0.717, 1.165) is 29.6 Å². The second-order valence-corrected chi connectivity index (χ2v) is 5.52. The number of aromatic nitrogens is 2. The molecule has 0 unspecified atom stereocenters. The van der Waals surface area contributed by atoms with Crippen molar-refractivity contribution in [3.8, 4) is 5.88 Å². The number of hydrogen-bond donors (Lipinski definition) is 1. The summed E-state index contributed by atoms with van der Waals surface area (Å²) in [6.45, 7) is 9.33. The highest BCUT2D eigenvalue weighted by atomic mass is 32.1. The molecule has 4 nitrogen and oxygen atoms in total. The van der Waals surface area contributed by atoms with Crippen molar-refractivity contribution in [3.63, 3.8) is 0 Å². The fourth-order valence-electron chi connectivity index (χ4n) is 1.68. The average molecular weight is 277 g/mol. The standard InChI is InChI=1S/C14H19N3OS/c1-4-6-8-18-12-11-9-10(3)19-13(11)17-14(16-12)15-7-5-2/h4,9H,1,5-8H2,2-3H3,(H,15,16,17). The molecular formula is C14H19N3OS. The molecule has 0 saturated carbocycles. The van der Waals surface area contributed by atoms with Crippen LogP contribution in [0.2, 0.25) is 0 Å². The largest absolute Gasteiger partial charge is 0.477 e. The summed E-state index contributed by atoms with van der Waals surface area (Å²) >= 11 is 1.66. The van der Waals surface area contributed by atoms with E-state index in [-0.39, 0.29) is 0 Å². The lowest BCUT2D eigenvalue weighted by Gasteiger charge is -2.08. The van der Waals surface area contributed by atoms with Gasteiger partial charge in [-0.2, -0.15) is 4.98 Å². The minimum Gasteiger partial charge on any atom is -0.477 e. The van der Waals surface area contributed by atoms with Crippen molar-refractivity contribution in [3.05, 3.63) is 23.6 Å². The molecule has 1 N–H and O–H groups in total. The molecule has 2 aromatic heterocycles. The van der Waals surface area contributed by atoms with Crippen LogP contribution in [0, 0.1) is 6.92 Å². The molecule has 0 fully saturated rings. The van der Waals surface area contributed by atoms with E-state index in [4.69, 9.17) is 4.74 Å². The van der Waals surface area contributed by atoms with E-state index < -0.39 is 0 Å². The van der Waals surface area contributed by atoms with E-state index >= 15 is 0 Å². The van der Waals surface area contributed by atoms with Gasteiger partial charge in [0, 0.05) is 11.4 Å². The third-order valence-electron chi connectivity index (χ3n) is 2.57. The van der Waals surface area contributed by atoms with Gasteiger partial charge in [-0.1, -0.05) is 13.0 Å². The molecule has 0 spiro atoms. The van der Waals surface area contributed by atoms with Crippen molar-refractivity contribution in [2.75, 3.05) is 18.5 Å². The highest BCUT2D eigenvalue weighted by Crippen LogP contribution is 2.31. The van der Waals surface area contributed by atoms with E-state index in [9.17, 15) is 0 Å². The highest BCUT2D eigenvalue weighted by Gasteiger charge is 2.11. The fraction of sp³-hybridized carbons (Fsp3) is 0.429. The smallest absolute Gasteiger partial charge is 0.227 e. The first kappa shape index (κ1) is 13.8. The maximum absolute atomic E-state index is 5.74. The van der Waals surface area contributed by atoms with E-state index in [0.29, 0.717) is 18.4 Å². The van der Waals surface area contributed by atoms with Gasteiger partial charge in [-0.15, -0.1) is 17.9 Å². The number of anilines is 1. The topological polar surface area (TPSA) is 47.0 Å². The Morgan fingerprint density at radius 1 is 1.47 bits per heavy atom. The first-order valence-electron chi connectivity index (χ1n) is 6.50. The molecular weight excluding hydrogens is 258 g/mol. The number of ether oxygens (including phenoxy) is 1. The molecule has 5 heteroatoms. The summed E-state index contributed by atoms with van der Waals surface area (Å²) < 4.78 is 5.74. The molecule has 2 aromatic rings. The molecule has 19 heavy (non-hydrogen) atoms. The van der Waals surface area contributed by atoms with E-state index in [1.807, 2.05) is 6.08 Å². The number of nitrogens with zero attached hydrogens (tertiary/aromatic N) is 2. The summed E-state index contributed by atoms with van der Waals surface area (Å²) in [5, 5.41) is 4.20. The first-order chi connectivity index (χ1) is 9.24. The normalized spacial score (nSPS) is 10.6. The minimum atomic E-state index is 0.595. The van der Waals surface area contributed by atoms with Crippen molar-refractivity contribution in [2.45, 2.75) is 26.7 Å². The second kappa shape index (κ2) is 6.52. The maximum atomic E-state index is 5.74. The summed E-state index contributed by atoms with van der Waals surface area (Å²) in [5.41, 5.74) is 0. The molecule has 0 aliphatic rings. The Balaban J connectivity index is 2.30. The number of nitrogens with one attached hydrogen (secondary N) is 1. The minimum absolute atomic E-state index is 0.595. The van der Waals surface area contributed by atoms with E-state index in [1.54, 1.807) is 11.3 Å². The van der Waals surface area contributed by atoms with Crippen LogP contribution in [0.3, 0.4) is 0 Å². The summed E-state index contributed by atoms with van der Waals surface area (Å²) in [6.07, 6.45) is 3.69. The van der Waals surface area contributed by atoms with Crippen LogP contribution in [0.5, 0.6) is 5.88 Å². The van der Waals surface area contributed by atoms with Gasteiger partial charge in [0.25, 0.3) is 0 Å². The van der Waals surface area contributed by atoms with Crippen LogP contribution in [0.15, 0.2) is 18.7 Å². The third kappa shape index (κ3) is 3.44. The molecule has 0 aliphatic heterocycles. The van der Waals surface area contributed by atoms with Gasteiger partial charge >= 0.3 is 0 Å². The number of rotatable bonds is 7. The monoisotopic (exact) mass is 277 g/mol. The van der Waals surface area contributed by atoms with Gasteiger partial charge < -0.3 is 10.1 Å². The molecule has 0 bridgehead atoms. The van der Waals surface area contributed by atoms with Gasteiger partial charge in [-0.05, 0) is 25.8 Å². The molecule has 102 valence electrons. The van der Waals surface area contributed by atoms with Gasteiger partial charge in [0.15, 0.2) is 0 Å². The van der Waals surface area contributed by atoms with Crippen LogP contribution in [0.25, 0.3) is 10.2 Å². The van der Waals surface area contributed by atoms with Gasteiger partial charge in [0.1, 0.15) is 4.83 Å². The van der Waals surface area contributed by atoms with Gasteiger partial charge in [-0.25, -0.2) is 4.98 Å². The summed E-state index contributed by atoms with van der Waals surface area (Å²) in [5.74, 6) is 1.31. The Kier molecular flexibility index (Phi) is 4.74. The zero-order valence-electron chi connectivity index (χ0n) is 11.4. The average Bonchev–Trinajstić information content (AvgIpc) is 2.77. The first-order valence-corrected chi connectivity index (χ1v) is 7.32. The quantitative estimate of drug-likeness (QED) is 0.618. The van der Waals surface area contributed by atoms with Crippen LogP contribution in [0.4, 0.5) is 5.95 Å². The van der Waals surface area contributed by atoms with E-state index in [1.165, 1.54) is 4.88 Å². The number of fused-ring (bicyclic) bond motifs is 1. The summed E-state index contributed by atoms with van der Waals surface area (Å²) in [6, 6.07) is 2.08. The Bertz CT molecular complexity index is 565. The SMILES string of the molecule is C=CCCOc1nc(NCCC)nc2sc(C)cc12. The van der Waals surface area contributed by atoms with Crippen molar-refractivity contribution in [1.82, 2.24) is 9.97 Å². The predicted molar refractivity (Wildman–Crippen MR) is 81.2 cm³/mol. The maximum Gasteiger partial charge on any atom is 0.227 e. The Morgan fingerprint density at radius 2 is 2.32 bits per heavy atom. The zero-order chi connectivity index (χ0) is 13.7. The summed E-state index contributed by atoms with van der Waals surface area (Å²) in [7, 11) is 0. The van der Waals surface area contributed by atoms with Crippen LogP contribution in [-0.4, -0.2) is 23.1 Å². The lowest BCUT2D eigenvalue weighted by atomic mass is 10.3. The molecule has 2 rings (SSSR count). The predicted octanol–water partition coefficient (Wildman–Crippen LogP) is 3.78. The van der Waals surface area contributed by atoms with Crippen molar-refractivity contribution in [1.29, 1.82) is 0 Å². The molecule has 0 amide bonds. The lowest BCUT2D eigenvalue weighted by Crippen LogP contribution is -2.06. The number of aryl methyl sites for hydroxylation is 1. The van der Waals surface area contributed by atoms with Crippen molar-refractivity contribution >= 4 is 27.5 Å². The van der Waals surface area contributed by atoms with Crippen molar-refractivity contribution in [2.24, 2.45) is 0 Å². The molecule has 0 aromatic carbocycles. The number of thiophene rings is 1. The van der Waals surface area contributed by atoms with E-state index in [2.05, 4.69) is 41.8 Å². The zero-order valence-corrected chi connectivity index (χ0v) is 12.2.